The Kier molecular flexibility index (Phi) is 5.37. The second-order valence-electron chi connectivity index (χ2n) is 5.83. The van der Waals surface area contributed by atoms with Gasteiger partial charge in [0.05, 0.1) is 12.2 Å². The van der Waals surface area contributed by atoms with Crippen molar-refractivity contribution in [3.63, 3.8) is 0 Å². The number of benzene rings is 1. The van der Waals surface area contributed by atoms with Gasteiger partial charge in [-0.15, -0.1) is 0 Å². The zero-order valence-corrected chi connectivity index (χ0v) is 13.1. The van der Waals surface area contributed by atoms with Gasteiger partial charge in [-0.25, -0.2) is 9.07 Å². The average molecular weight is 289 g/mol. The van der Waals surface area contributed by atoms with Gasteiger partial charge >= 0.3 is 0 Å². The third kappa shape index (κ3) is 4.59. The van der Waals surface area contributed by atoms with Gasteiger partial charge in [0.2, 0.25) is 0 Å². The van der Waals surface area contributed by atoms with E-state index in [1.807, 2.05) is 10.7 Å². The minimum Gasteiger partial charge on any atom is -0.370 e. The number of nitrogens with zero attached hydrogens (tertiary/aromatic N) is 2. The van der Waals surface area contributed by atoms with Crippen LogP contribution in [-0.4, -0.2) is 16.3 Å². The predicted molar refractivity (Wildman–Crippen MR) is 85.1 cm³/mol. The third-order valence-electron chi connectivity index (χ3n) is 3.23. The van der Waals surface area contributed by atoms with Crippen molar-refractivity contribution in [2.45, 2.75) is 40.2 Å². The van der Waals surface area contributed by atoms with Crippen LogP contribution >= 0.6 is 0 Å². The fourth-order valence-corrected chi connectivity index (χ4v) is 2.31. The molecule has 1 aromatic heterocycles. The smallest absolute Gasteiger partial charge is 0.124 e. The Bertz CT molecular complexity index is 575. The van der Waals surface area contributed by atoms with Gasteiger partial charge in [-0.2, -0.15) is 5.10 Å². The minimum absolute atomic E-state index is 0.204. The molecule has 1 heterocycles. The average Bonchev–Trinajstić information content (AvgIpc) is 2.77. The molecule has 2 rings (SSSR count). The number of halogens is 1. The number of rotatable bonds is 7. The van der Waals surface area contributed by atoms with E-state index in [-0.39, 0.29) is 5.82 Å². The first kappa shape index (κ1) is 15.5. The van der Waals surface area contributed by atoms with Crippen molar-refractivity contribution in [3.05, 3.63) is 47.4 Å². The molecule has 0 fully saturated rings. The van der Waals surface area contributed by atoms with E-state index < -0.39 is 0 Å². The highest BCUT2D eigenvalue weighted by Crippen LogP contribution is 2.16. The van der Waals surface area contributed by atoms with Crippen molar-refractivity contribution in [3.8, 4) is 0 Å². The van der Waals surface area contributed by atoms with Crippen molar-refractivity contribution in [1.82, 2.24) is 9.78 Å². The van der Waals surface area contributed by atoms with Gasteiger partial charge in [0.1, 0.15) is 11.6 Å². The predicted octanol–water partition coefficient (Wildman–Crippen LogP) is 4.09. The summed E-state index contributed by atoms with van der Waals surface area (Å²) in [7, 11) is 0. The molecule has 0 atom stereocenters. The Morgan fingerprint density at radius 3 is 2.76 bits per heavy atom. The van der Waals surface area contributed by atoms with E-state index in [2.05, 4.69) is 37.3 Å². The van der Waals surface area contributed by atoms with Gasteiger partial charge in [0.25, 0.3) is 0 Å². The first-order valence-electron chi connectivity index (χ1n) is 7.63. The zero-order chi connectivity index (χ0) is 15.2. The van der Waals surface area contributed by atoms with Crippen LogP contribution in [0.1, 0.15) is 38.4 Å². The Morgan fingerprint density at radius 1 is 1.29 bits per heavy atom. The van der Waals surface area contributed by atoms with Crippen molar-refractivity contribution < 1.29 is 4.39 Å². The topological polar surface area (TPSA) is 29.9 Å². The summed E-state index contributed by atoms with van der Waals surface area (Å²) in [6.07, 6.45) is 2.02. The van der Waals surface area contributed by atoms with Crippen LogP contribution in [0.5, 0.6) is 0 Å². The molecule has 1 aromatic carbocycles. The van der Waals surface area contributed by atoms with Gasteiger partial charge in [-0.05, 0) is 36.5 Å². The quantitative estimate of drug-likeness (QED) is 0.832. The molecule has 1 N–H and O–H groups in total. The lowest BCUT2D eigenvalue weighted by atomic mass is 10.1. The number of anilines is 1. The lowest BCUT2D eigenvalue weighted by Crippen LogP contribution is -2.10. The molecule has 2 aromatic rings. The SMILES string of the molecule is CCCNc1cc(CC(C)C)nn1Cc1cccc(F)c1. The molecular weight excluding hydrogens is 265 g/mol. The summed E-state index contributed by atoms with van der Waals surface area (Å²) in [6, 6.07) is 8.80. The summed E-state index contributed by atoms with van der Waals surface area (Å²) in [5.41, 5.74) is 2.01. The minimum atomic E-state index is -0.204. The van der Waals surface area contributed by atoms with Crippen LogP contribution in [0.15, 0.2) is 30.3 Å². The second kappa shape index (κ2) is 7.25. The van der Waals surface area contributed by atoms with Crippen LogP contribution in [0, 0.1) is 11.7 Å². The van der Waals surface area contributed by atoms with E-state index in [1.54, 1.807) is 12.1 Å². The zero-order valence-electron chi connectivity index (χ0n) is 13.1. The van der Waals surface area contributed by atoms with Crippen molar-refractivity contribution in [2.75, 3.05) is 11.9 Å². The fourth-order valence-electron chi connectivity index (χ4n) is 2.31. The lowest BCUT2D eigenvalue weighted by Gasteiger charge is -2.09. The van der Waals surface area contributed by atoms with Crippen molar-refractivity contribution in [2.24, 2.45) is 5.92 Å². The van der Waals surface area contributed by atoms with Gasteiger partial charge in [0.15, 0.2) is 0 Å². The lowest BCUT2D eigenvalue weighted by molar-refractivity contribution is 0.603. The maximum absolute atomic E-state index is 13.3. The molecule has 0 amide bonds. The van der Waals surface area contributed by atoms with E-state index in [0.717, 1.165) is 36.5 Å². The van der Waals surface area contributed by atoms with Gasteiger partial charge in [-0.1, -0.05) is 32.9 Å². The summed E-state index contributed by atoms with van der Waals surface area (Å²) < 4.78 is 15.2. The first-order chi connectivity index (χ1) is 10.1. The van der Waals surface area contributed by atoms with Crippen molar-refractivity contribution in [1.29, 1.82) is 0 Å². The molecule has 0 aliphatic heterocycles. The largest absolute Gasteiger partial charge is 0.370 e. The van der Waals surface area contributed by atoms with Crippen LogP contribution in [0.25, 0.3) is 0 Å². The van der Waals surface area contributed by atoms with E-state index in [4.69, 9.17) is 0 Å². The van der Waals surface area contributed by atoms with E-state index in [0.29, 0.717) is 12.5 Å². The molecule has 0 aliphatic carbocycles. The summed E-state index contributed by atoms with van der Waals surface area (Å²) in [6.45, 7) is 8.00. The Balaban J connectivity index is 2.20. The molecule has 3 nitrogen and oxygen atoms in total. The second-order valence-corrected chi connectivity index (χ2v) is 5.83. The van der Waals surface area contributed by atoms with E-state index >= 15 is 0 Å². The Labute approximate surface area is 126 Å². The summed E-state index contributed by atoms with van der Waals surface area (Å²) in [5, 5.41) is 8.06. The third-order valence-corrected chi connectivity index (χ3v) is 3.23. The number of hydrogen-bond donors (Lipinski definition) is 1. The Morgan fingerprint density at radius 2 is 2.10 bits per heavy atom. The maximum Gasteiger partial charge on any atom is 0.124 e. The summed E-state index contributed by atoms with van der Waals surface area (Å²) >= 11 is 0. The number of aromatic nitrogens is 2. The normalized spacial score (nSPS) is 11.1. The first-order valence-corrected chi connectivity index (χ1v) is 7.63. The van der Waals surface area contributed by atoms with Gasteiger partial charge < -0.3 is 5.32 Å². The Hall–Kier alpha value is -1.84. The molecule has 0 saturated heterocycles. The highest BCUT2D eigenvalue weighted by Gasteiger charge is 2.09. The molecule has 0 bridgehead atoms. The highest BCUT2D eigenvalue weighted by molar-refractivity contribution is 5.38. The monoisotopic (exact) mass is 289 g/mol. The number of hydrogen-bond acceptors (Lipinski definition) is 2. The van der Waals surface area contributed by atoms with Crippen molar-refractivity contribution >= 4 is 5.82 Å². The summed E-state index contributed by atoms with van der Waals surface area (Å²) in [5.74, 6) is 1.38. The molecule has 114 valence electrons. The fraction of sp³-hybridized carbons (Fsp3) is 0.471. The molecule has 0 saturated carbocycles. The van der Waals surface area contributed by atoms with Crippen LogP contribution < -0.4 is 5.32 Å². The molecule has 0 radical (unpaired) electrons. The van der Waals surface area contributed by atoms with Gasteiger partial charge in [0, 0.05) is 12.6 Å². The molecule has 0 aliphatic rings. The van der Waals surface area contributed by atoms with Crippen LogP contribution in [0.4, 0.5) is 10.2 Å². The highest BCUT2D eigenvalue weighted by atomic mass is 19.1. The van der Waals surface area contributed by atoms with E-state index in [1.165, 1.54) is 6.07 Å². The standard InChI is InChI=1S/C17H24FN3/c1-4-8-19-17-11-16(9-13(2)3)20-21(17)12-14-6-5-7-15(18)10-14/h5-7,10-11,13,19H,4,8-9,12H2,1-3H3. The van der Waals surface area contributed by atoms with Crippen LogP contribution in [0.3, 0.4) is 0 Å². The molecule has 0 unspecified atom stereocenters. The van der Waals surface area contributed by atoms with E-state index in [9.17, 15) is 4.39 Å². The number of nitrogens with one attached hydrogen (secondary N) is 1. The molecule has 0 spiro atoms. The van der Waals surface area contributed by atoms with Gasteiger partial charge in [-0.3, -0.25) is 0 Å². The molecule has 4 heteroatoms. The molecule has 21 heavy (non-hydrogen) atoms. The van der Waals surface area contributed by atoms with Crippen LogP contribution in [-0.2, 0) is 13.0 Å². The summed E-state index contributed by atoms with van der Waals surface area (Å²) in [4.78, 5) is 0. The maximum atomic E-state index is 13.3. The molecular formula is C17H24FN3. The van der Waals surface area contributed by atoms with Crippen LogP contribution in [0.2, 0.25) is 0 Å².